The van der Waals surface area contributed by atoms with E-state index in [0.717, 1.165) is 12.3 Å². The maximum atomic E-state index is 12.5. The summed E-state index contributed by atoms with van der Waals surface area (Å²) in [4.78, 5) is 3.46. The van der Waals surface area contributed by atoms with Gasteiger partial charge < -0.3 is 5.73 Å². The number of amidine groups is 1. The van der Waals surface area contributed by atoms with Gasteiger partial charge in [-0.05, 0) is 6.07 Å². The van der Waals surface area contributed by atoms with Crippen LogP contribution >= 0.6 is 0 Å². The molecule has 0 radical (unpaired) electrons. The molecular formula is C6H7FN4O. The third-order valence-electron chi connectivity index (χ3n) is 1.27. The van der Waals surface area contributed by atoms with Crippen LogP contribution in [0.15, 0.2) is 12.3 Å². The molecule has 0 spiro atoms. The number of pyridine rings is 1. The first-order valence-electron chi connectivity index (χ1n) is 3.05. The summed E-state index contributed by atoms with van der Waals surface area (Å²) in [6.45, 7) is 0. The average molecular weight is 170 g/mol. The van der Waals surface area contributed by atoms with E-state index in [1.807, 2.05) is 0 Å². The molecule has 0 aliphatic heterocycles. The van der Waals surface area contributed by atoms with Crippen molar-refractivity contribution < 1.29 is 9.60 Å². The van der Waals surface area contributed by atoms with Gasteiger partial charge in [0.2, 0.25) is 0 Å². The van der Waals surface area contributed by atoms with Crippen LogP contribution < -0.4 is 11.2 Å². The van der Waals surface area contributed by atoms with Gasteiger partial charge in [-0.1, -0.05) is 0 Å². The molecule has 0 unspecified atom stereocenters. The molecule has 1 heterocycles. The van der Waals surface area contributed by atoms with E-state index in [1.54, 1.807) is 5.48 Å². The smallest absolute Gasteiger partial charge is 0.153 e. The first-order chi connectivity index (χ1) is 5.65. The Balaban J connectivity index is 3.13. The molecular weight excluding hydrogens is 163 g/mol. The summed E-state index contributed by atoms with van der Waals surface area (Å²) in [7, 11) is 0. The van der Waals surface area contributed by atoms with E-state index < -0.39 is 5.82 Å². The molecule has 0 atom stereocenters. The third kappa shape index (κ3) is 1.48. The first kappa shape index (κ1) is 8.41. The van der Waals surface area contributed by atoms with E-state index in [-0.39, 0.29) is 17.2 Å². The fraction of sp³-hybridized carbons (Fsp3) is 0. The number of rotatable bonds is 1. The molecule has 1 rings (SSSR count). The zero-order chi connectivity index (χ0) is 9.14. The highest BCUT2D eigenvalue weighted by Crippen LogP contribution is 2.08. The van der Waals surface area contributed by atoms with Gasteiger partial charge in [-0.15, -0.1) is 0 Å². The molecule has 0 aromatic carbocycles. The summed E-state index contributed by atoms with van der Waals surface area (Å²) < 4.78 is 12.5. The molecule has 0 bridgehead atoms. The standard InChI is InChI=1S/C6H7FN4O/c7-3-1-4(6(9)11-12)5(8)10-2-3/h1-2,12H,(H2,8,10)(H2,9,11). The van der Waals surface area contributed by atoms with E-state index in [1.165, 1.54) is 0 Å². The Morgan fingerprint density at radius 3 is 3.00 bits per heavy atom. The van der Waals surface area contributed by atoms with Crippen LogP contribution in [0.1, 0.15) is 5.56 Å². The molecule has 0 amide bonds. The summed E-state index contributed by atoms with van der Waals surface area (Å²) >= 11 is 0. The minimum absolute atomic E-state index is 0.0112. The lowest BCUT2D eigenvalue weighted by Crippen LogP contribution is -2.20. The van der Waals surface area contributed by atoms with Crippen molar-refractivity contribution in [1.82, 2.24) is 10.5 Å². The minimum Gasteiger partial charge on any atom is -0.383 e. The Bertz CT molecular complexity index is 314. The third-order valence-corrected chi connectivity index (χ3v) is 1.27. The molecule has 64 valence electrons. The van der Waals surface area contributed by atoms with Crippen molar-refractivity contribution in [2.24, 2.45) is 0 Å². The number of nitrogens with zero attached hydrogens (tertiary/aromatic N) is 1. The van der Waals surface area contributed by atoms with Crippen LogP contribution in [-0.2, 0) is 0 Å². The predicted molar refractivity (Wildman–Crippen MR) is 40.4 cm³/mol. The van der Waals surface area contributed by atoms with Gasteiger partial charge in [0.1, 0.15) is 11.6 Å². The lowest BCUT2D eigenvalue weighted by Gasteiger charge is -2.03. The number of anilines is 1. The maximum Gasteiger partial charge on any atom is 0.153 e. The Kier molecular flexibility index (Phi) is 2.20. The number of halogens is 1. The molecule has 12 heavy (non-hydrogen) atoms. The molecule has 6 heteroatoms. The summed E-state index contributed by atoms with van der Waals surface area (Å²) in [6.07, 6.45) is 0.934. The van der Waals surface area contributed by atoms with Gasteiger partial charge in [-0.25, -0.2) is 9.37 Å². The number of hydrogen-bond acceptors (Lipinski definition) is 4. The Morgan fingerprint density at radius 2 is 2.42 bits per heavy atom. The van der Waals surface area contributed by atoms with E-state index in [0.29, 0.717) is 0 Å². The van der Waals surface area contributed by atoms with Crippen LogP contribution in [0.25, 0.3) is 0 Å². The normalized spacial score (nSPS) is 9.50. The second-order valence-electron chi connectivity index (χ2n) is 2.07. The van der Waals surface area contributed by atoms with Crippen molar-refractivity contribution in [3.05, 3.63) is 23.6 Å². The highest BCUT2D eigenvalue weighted by atomic mass is 19.1. The van der Waals surface area contributed by atoms with Gasteiger partial charge in [0.15, 0.2) is 5.84 Å². The quantitative estimate of drug-likeness (QED) is 0.273. The van der Waals surface area contributed by atoms with Crippen molar-refractivity contribution >= 4 is 11.7 Å². The van der Waals surface area contributed by atoms with Gasteiger partial charge in [0.25, 0.3) is 0 Å². The number of aromatic nitrogens is 1. The van der Waals surface area contributed by atoms with Crippen LogP contribution in [0.4, 0.5) is 10.2 Å². The highest BCUT2D eigenvalue weighted by Gasteiger charge is 2.06. The largest absolute Gasteiger partial charge is 0.383 e. The maximum absolute atomic E-state index is 12.5. The van der Waals surface area contributed by atoms with Crippen LogP contribution in [0.3, 0.4) is 0 Å². The number of nitrogens with two attached hydrogens (primary N) is 1. The number of hydrogen-bond donors (Lipinski definition) is 4. The molecule has 0 saturated carbocycles. The van der Waals surface area contributed by atoms with Crippen LogP contribution in [0.5, 0.6) is 0 Å². The van der Waals surface area contributed by atoms with E-state index >= 15 is 0 Å². The molecule has 0 fully saturated rings. The van der Waals surface area contributed by atoms with Crippen LogP contribution in [0.2, 0.25) is 0 Å². The Hall–Kier alpha value is -1.69. The minimum atomic E-state index is -0.612. The lowest BCUT2D eigenvalue weighted by atomic mass is 10.2. The van der Waals surface area contributed by atoms with Gasteiger partial charge >= 0.3 is 0 Å². The topological polar surface area (TPSA) is 95.0 Å². The van der Waals surface area contributed by atoms with Crippen LogP contribution in [0, 0.1) is 11.2 Å². The van der Waals surface area contributed by atoms with Gasteiger partial charge in [-0.2, -0.15) is 0 Å². The molecule has 0 saturated heterocycles. The lowest BCUT2D eigenvalue weighted by molar-refractivity contribution is 0.234. The number of nitrogens with one attached hydrogen (secondary N) is 2. The van der Waals surface area contributed by atoms with Crippen molar-refractivity contribution in [3.63, 3.8) is 0 Å². The highest BCUT2D eigenvalue weighted by molar-refractivity contribution is 5.99. The molecule has 1 aromatic rings. The van der Waals surface area contributed by atoms with Gasteiger partial charge in [0.05, 0.1) is 11.8 Å². The van der Waals surface area contributed by atoms with E-state index in [4.69, 9.17) is 16.4 Å². The molecule has 1 aromatic heterocycles. The summed E-state index contributed by atoms with van der Waals surface area (Å²) in [5.74, 6) is -1.01. The second kappa shape index (κ2) is 3.14. The van der Waals surface area contributed by atoms with Gasteiger partial charge in [-0.3, -0.25) is 16.1 Å². The average Bonchev–Trinajstić information content (AvgIpc) is 2.08. The second-order valence-corrected chi connectivity index (χ2v) is 2.07. The van der Waals surface area contributed by atoms with Crippen molar-refractivity contribution in [3.8, 4) is 0 Å². The summed E-state index contributed by atoms with van der Waals surface area (Å²) in [5.41, 5.74) is 6.87. The first-order valence-corrected chi connectivity index (χ1v) is 3.05. The molecule has 0 aliphatic rings. The zero-order valence-corrected chi connectivity index (χ0v) is 6.00. The van der Waals surface area contributed by atoms with Crippen molar-refractivity contribution in [1.29, 1.82) is 5.41 Å². The van der Waals surface area contributed by atoms with Crippen molar-refractivity contribution in [2.45, 2.75) is 0 Å². The molecule has 5 nitrogen and oxygen atoms in total. The number of hydroxylamine groups is 1. The monoisotopic (exact) mass is 170 g/mol. The van der Waals surface area contributed by atoms with Crippen LogP contribution in [-0.4, -0.2) is 16.0 Å². The SMILES string of the molecule is N=C(NO)c1cc(F)cnc1N. The Morgan fingerprint density at radius 1 is 1.75 bits per heavy atom. The van der Waals surface area contributed by atoms with Crippen molar-refractivity contribution in [2.75, 3.05) is 5.73 Å². The fourth-order valence-corrected chi connectivity index (χ4v) is 0.710. The number of nitrogen functional groups attached to an aromatic ring is 1. The van der Waals surface area contributed by atoms with E-state index in [2.05, 4.69) is 4.98 Å². The molecule has 0 aliphatic carbocycles. The Labute approximate surface area is 67.5 Å². The molecule has 5 N–H and O–H groups in total. The van der Waals surface area contributed by atoms with E-state index in [9.17, 15) is 4.39 Å². The summed E-state index contributed by atoms with van der Waals surface area (Å²) in [6, 6.07) is 1.01. The predicted octanol–water partition coefficient (Wildman–Crippen LogP) is 0.107. The van der Waals surface area contributed by atoms with Gasteiger partial charge in [0, 0.05) is 0 Å². The zero-order valence-electron chi connectivity index (χ0n) is 6.00. The fourth-order valence-electron chi connectivity index (χ4n) is 0.710. The summed E-state index contributed by atoms with van der Waals surface area (Å²) in [5, 5.41) is 15.4.